The fourth-order valence-corrected chi connectivity index (χ4v) is 5.50. The number of fused-ring (bicyclic) bond motifs is 1. The van der Waals surface area contributed by atoms with E-state index in [1.54, 1.807) is 62.1 Å². The Balaban J connectivity index is 1.66. The first-order chi connectivity index (χ1) is 16.0. The standard InChI is InChI=1S/C24H18N2O5S2/c1-30-14-7-5-13(6-8-14)20-19(21(27)17-4-3-11-32-17)22(28)23(29)26(20)24-25-16-10-9-15(31-2)12-18(16)33-24/h3-12,20,28H,1-2H3/t20-/m1/s1. The van der Waals surface area contributed by atoms with Crippen LogP contribution in [0, 0.1) is 0 Å². The first kappa shape index (κ1) is 21.2. The van der Waals surface area contributed by atoms with Crippen molar-refractivity contribution < 1.29 is 24.2 Å². The number of anilines is 1. The molecule has 0 saturated carbocycles. The summed E-state index contributed by atoms with van der Waals surface area (Å²) >= 11 is 2.55. The van der Waals surface area contributed by atoms with E-state index in [0.717, 1.165) is 4.70 Å². The summed E-state index contributed by atoms with van der Waals surface area (Å²) in [6.07, 6.45) is 0. The van der Waals surface area contributed by atoms with Crippen molar-refractivity contribution in [2.45, 2.75) is 6.04 Å². The molecule has 0 unspecified atom stereocenters. The lowest BCUT2D eigenvalue weighted by atomic mass is 9.95. The van der Waals surface area contributed by atoms with Gasteiger partial charge in [-0.2, -0.15) is 0 Å². The summed E-state index contributed by atoms with van der Waals surface area (Å²) in [6, 6.07) is 15.1. The van der Waals surface area contributed by atoms with Gasteiger partial charge in [-0.3, -0.25) is 14.5 Å². The fourth-order valence-electron chi connectivity index (χ4n) is 3.80. The monoisotopic (exact) mass is 478 g/mol. The van der Waals surface area contributed by atoms with Gasteiger partial charge < -0.3 is 14.6 Å². The Morgan fingerprint density at radius 2 is 1.79 bits per heavy atom. The van der Waals surface area contributed by atoms with Crippen molar-refractivity contribution in [3.8, 4) is 11.5 Å². The first-order valence-electron chi connectivity index (χ1n) is 9.95. The molecule has 2 aromatic carbocycles. The molecular weight excluding hydrogens is 460 g/mol. The number of methoxy groups -OCH3 is 2. The van der Waals surface area contributed by atoms with Gasteiger partial charge in [-0.1, -0.05) is 29.5 Å². The zero-order valence-corrected chi connectivity index (χ0v) is 19.3. The third-order valence-corrected chi connectivity index (χ3v) is 7.31. The van der Waals surface area contributed by atoms with E-state index in [1.807, 2.05) is 12.1 Å². The molecular formula is C24H18N2O5S2. The van der Waals surface area contributed by atoms with Crippen LogP contribution in [0.5, 0.6) is 11.5 Å². The van der Waals surface area contributed by atoms with Crippen LogP contribution in [0.25, 0.3) is 10.2 Å². The summed E-state index contributed by atoms with van der Waals surface area (Å²) in [5.74, 6) is -0.303. The topological polar surface area (TPSA) is 89.0 Å². The highest BCUT2D eigenvalue weighted by Gasteiger charge is 2.46. The number of ether oxygens (including phenoxy) is 2. The van der Waals surface area contributed by atoms with Crippen LogP contribution in [-0.2, 0) is 4.79 Å². The number of thiazole rings is 1. The van der Waals surface area contributed by atoms with E-state index in [1.165, 1.54) is 27.6 Å². The number of carbonyl (C=O) groups is 2. The van der Waals surface area contributed by atoms with E-state index in [9.17, 15) is 14.7 Å². The number of aliphatic hydroxyl groups is 1. The van der Waals surface area contributed by atoms with E-state index in [0.29, 0.717) is 32.6 Å². The molecule has 1 aliphatic rings. The number of hydrogen-bond acceptors (Lipinski definition) is 8. The highest BCUT2D eigenvalue weighted by atomic mass is 32.1. The maximum Gasteiger partial charge on any atom is 0.296 e. The summed E-state index contributed by atoms with van der Waals surface area (Å²) in [5.41, 5.74) is 1.38. The largest absolute Gasteiger partial charge is 0.503 e. The lowest BCUT2D eigenvalue weighted by Gasteiger charge is -2.24. The van der Waals surface area contributed by atoms with Crippen LogP contribution in [0.15, 0.2) is 71.3 Å². The average Bonchev–Trinajstić information content (AvgIpc) is 3.57. The molecule has 0 bridgehead atoms. The number of carbonyl (C=O) groups excluding carboxylic acids is 2. The molecule has 3 heterocycles. The molecule has 5 rings (SSSR count). The van der Waals surface area contributed by atoms with Gasteiger partial charge in [0.25, 0.3) is 5.91 Å². The number of hydrogen-bond donors (Lipinski definition) is 1. The van der Waals surface area contributed by atoms with E-state index in [-0.39, 0.29) is 11.4 Å². The molecule has 1 atom stereocenters. The number of nitrogens with zero attached hydrogens (tertiary/aromatic N) is 2. The third-order valence-electron chi connectivity index (χ3n) is 5.42. The van der Waals surface area contributed by atoms with Gasteiger partial charge >= 0.3 is 0 Å². The number of aliphatic hydroxyl groups excluding tert-OH is 1. The van der Waals surface area contributed by atoms with Crippen LogP contribution in [0.4, 0.5) is 5.13 Å². The minimum Gasteiger partial charge on any atom is -0.503 e. The summed E-state index contributed by atoms with van der Waals surface area (Å²) in [7, 11) is 3.14. The number of thiophene rings is 1. The molecule has 0 radical (unpaired) electrons. The number of amides is 1. The molecule has 0 aliphatic carbocycles. The van der Waals surface area contributed by atoms with Gasteiger partial charge in [0.05, 0.1) is 40.9 Å². The first-order valence-corrected chi connectivity index (χ1v) is 11.6. The minimum atomic E-state index is -0.833. The molecule has 4 aromatic rings. The van der Waals surface area contributed by atoms with Crippen LogP contribution in [-0.4, -0.2) is 36.0 Å². The fraction of sp³-hybridized carbons (Fsp3) is 0.125. The SMILES string of the molecule is COc1ccc([C@@H]2C(C(=O)c3cccs3)=C(O)C(=O)N2c2nc3ccc(OC)cc3s2)cc1. The number of ketones is 1. The van der Waals surface area contributed by atoms with Crippen LogP contribution >= 0.6 is 22.7 Å². The second-order valence-electron chi connectivity index (χ2n) is 7.25. The predicted octanol–water partition coefficient (Wildman–Crippen LogP) is 5.16. The highest BCUT2D eigenvalue weighted by Crippen LogP contribution is 2.45. The lowest BCUT2D eigenvalue weighted by Crippen LogP contribution is -2.30. The number of benzene rings is 2. The molecule has 2 aromatic heterocycles. The molecule has 9 heteroatoms. The Morgan fingerprint density at radius 3 is 2.45 bits per heavy atom. The van der Waals surface area contributed by atoms with Gasteiger partial charge in [-0.05, 0) is 47.3 Å². The normalized spacial score (nSPS) is 16.0. The maximum absolute atomic E-state index is 13.4. The van der Waals surface area contributed by atoms with Crippen LogP contribution in [0.1, 0.15) is 21.3 Å². The second kappa shape index (κ2) is 8.34. The number of aromatic nitrogens is 1. The van der Waals surface area contributed by atoms with Gasteiger partial charge in [-0.15, -0.1) is 11.3 Å². The molecule has 33 heavy (non-hydrogen) atoms. The van der Waals surface area contributed by atoms with Crippen LogP contribution < -0.4 is 14.4 Å². The van der Waals surface area contributed by atoms with Crippen molar-refractivity contribution in [2.75, 3.05) is 19.1 Å². The highest BCUT2D eigenvalue weighted by molar-refractivity contribution is 7.22. The van der Waals surface area contributed by atoms with E-state index in [2.05, 4.69) is 4.98 Å². The molecule has 7 nitrogen and oxygen atoms in total. The van der Waals surface area contributed by atoms with Gasteiger partial charge in [0, 0.05) is 0 Å². The van der Waals surface area contributed by atoms with Gasteiger partial charge in [0.15, 0.2) is 10.9 Å². The Labute approximate surface area is 197 Å². The maximum atomic E-state index is 13.4. The number of rotatable bonds is 6. The van der Waals surface area contributed by atoms with Crippen molar-refractivity contribution in [1.82, 2.24) is 4.98 Å². The van der Waals surface area contributed by atoms with Gasteiger partial charge in [0.1, 0.15) is 11.5 Å². The summed E-state index contributed by atoms with van der Waals surface area (Å²) < 4.78 is 11.4. The molecule has 1 N–H and O–H groups in total. The molecule has 0 saturated heterocycles. The molecule has 0 fully saturated rings. The predicted molar refractivity (Wildman–Crippen MR) is 128 cm³/mol. The molecule has 0 spiro atoms. The van der Waals surface area contributed by atoms with Crippen LogP contribution in [0.2, 0.25) is 0 Å². The van der Waals surface area contributed by atoms with Crippen molar-refractivity contribution in [3.05, 3.63) is 81.8 Å². The summed E-state index contributed by atoms with van der Waals surface area (Å²) in [6.45, 7) is 0. The molecule has 166 valence electrons. The smallest absolute Gasteiger partial charge is 0.296 e. The summed E-state index contributed by atoms with van der Waals surface area (Å²) in [4.78, 5) is 33.1. The Hall–Kier alpha value is -3.69. The van der Waals surface area contributed by atoms with E-state index < -0.39 is 17.7 Å². The second-order valence-corrected chi connectivity index (χ2v) is 9.21. The summed E-state index contributed by atoms with van der Waals surface area (Å²) in [5, 5.41) is 13.0. The third kappa shape index (κ3) is 3.55. The van der Waals surface area contributed by atoms with Gasteiger partial charge in [-0.25, -0.2) is 4.98 Å². The zero-order valence-electron chi connectivity index (χ0n) is 17.6. The van der Waals surface area contributed by atoms with E-state index >= 15 is 0 Å². The molecule has 1 aliphatic heterocycles. The number of Topliss-reactive ketones (excluding diaryl/α,β-unsaturated/α-hetero) is 1. The minimum absolute atomic E-state index is 0.0319. The quantitative estimate of drug-likeness (QED) is 0.385. The molecule has 1 amide bonds. The van der Waals surface area contributed by atoms with Crippen LogP contribution in [0.3, 0.4) is 0 Å². The van der Waals surface area contributed by atoms with Crippen molar-refractivity contribution in [2.24, 2.45) is 0 Å². The average molecular weight is 479 g/mol. The zero-order chi connectivity index (χ0) is 23.1. The Morgan fingerprint density at radius 1 is 1.06 bits per heavy atom. The van der Waals surface area contributed by atoms with E-state index in [4.69, 9.17) is 9.47 Å². The van der Waals surface area contributed by atoms with Gasteiger partial charge in [0.2, 0.25) is 5.78 Å². The lowest BCUT2D eigenvalue weighted by molar-refractivity contribution is -0.117. The Kier molecular flexibility index (Phi) is 5.35. The van der Waals surface area contributed by atoms with Crippen molar-refractivity contribution in [3.63, 3.8) is 0 Å². The Bertz CT molecular complexity index is 1390. The van der Waals surface area contributed by atoms with Crippen molar-refractivity contribution in [1.29, 1.82) is 0 Å². The van der Waals surface area contributed by atoms with Crippen molar-refractivity contribution >= 4 is 49.7 Å².